The van der Waals surface area contributed by atoms with Gasteiger partial charge in [-0.3, -0.25) is 0 Å². The van der Waals surface area contributed by atoms with Gasteiger partial charge in [-0.15, -0.1) is 0 Å². The van der Waals surface area contributed by atoms with E-state index in [1.54, 1.807) is 0 Å². The number of aryl methyl sites for hydroxylation is 1. The number of hydrogen-bond donors (Lipinski definition) is 1. The lowest BCUT2D eigenvalue weighted by Crippen LogP contribution is -2.35. The summed E-state index contributed by atoms with van der Waals surface area (Å²) in [7, 11) is 0. The lowest BCUT2D eigenvalue weighted by molar-refractivity contribution is 0.191. The molecule has 1 aliphatic rings. The monoisotopic (exact) mass is 273 g/mol. The van der Waals surface area contributed by atoms with Gasteiger partial charge in [0.2, 0.25) is 0 Å². The fraction of sp³-hybridized carbons (Fsp3) is 0.684. The van der Waals surface area contributed by atoms with Gasteiger partial charge < -0.3 is 5.32 Å². The average molecular weight is 273 g/mol. The maximum atomic E-state index is 3.74. The normalized spacial score (nSPS) is 17.9. The number of rotatable bonds is 9. The van der Waals surface area contributed by atoms with Crippen LogP contribution in [0.25, 0.3) is 0 Å². The van der Waals surface area contributed by atoms with Crippen LogP contribution in [0.1, 0.15) is 63.5 Å². The van der Waals surface area contributed by atoms with Crippen LogP contribution in [0.15, 0.2) is 24.3 Å². The van der Waals surface area contributed by atoms with Crippen LogP contribution < -0.4 is 5.32 Å². The highest BCUT2D eigenvalue weighted by Crippen LogP contribution is 2.50. The van der Waals surface area contributed by atoms with Gasteiger partial charge in [-0.2, -0.15) is 0 Å². The van der Waals surface area contributed by atoms with Gasteiger partial charge in [0, 0.05) is 13.1 Å². The van der Waals surface area contributed by atoms with Crippen molar-refractivity contribution in [2.75, 3.05) is 6.54 Å². The third kappa shape index (κ3) is 4.09. The van der Waals surface area contributed by atoms with Gasteiger partial charge in [-0.1, -0.05) is 56.5 Å². The van der Waals surface area contributed by atoms with Crippen LogP contribution >= 0.6 is 0 Å². The molecule has 1 heteroatoms. The Bertz CT molecular complexity index is 391. The van der Waals surface area contributed by atoms with Gasteiger partial charge in [-0.05, 0) is 49.5 Å². The van der Waals surface area contributed by atoms with E-state index in [0.717, 1.165) is 12.5 Å². The molecule has 20 heavy (non-hydrogen) atoms. The van der Waals surface area contributed by atoms with Gasteiger partial charge >= 0.3 is 0 Å². The lowest BCUT2D eigenvalue weighted by Gasteiger charge is -2.34. The first kappa shape index (κ1) is 15.6. The quantitative estimate of drug-likeness (QED) is 0.661. The van der Waals surface area contributed by atoms with Crippen molar-refractivity contribution in [3.05, 3.63) is 35.4 Å². The Labute approximate surface area is 125 Å². The number of hydrogen-bond acceptors (Lipinski definition) is 1. The van der Waals surface area contributed by atoms with Crippen molar-refractivity contribution in [2.24, 2.45) is 11.3 Å². The Balaban J connectivity index is 1.86. The summed E-state index contributed by atoms with van der Waals surface area (Å²) < 4.78 is 0. The SMILES string of the molecule is CCCCC(CC)(CNCc1ccc(C)cc1)C1CC1. The summed E-state index contributed by atoms with van der Waals surface area (Å²) in [6.07, 6.45) is 8.38. The van der Waals surface area contributed by atoms with Crippen LogP contribution in [0.4, 0.5) is 0 Å². The van der Waals surface area contributed by atoms with Crippen molar-refractivity contribution >= 4 is 0 Å². The standard InChI is InChI=1S/C19H31N/c1-4-6-13-19(5-2,18-11-12-18)15-20-14-17-9-7-16(3)8-10-17/h7-10,18,20H,4-6,11-15H2,1-3H3. The molecular weight excluding hydrogens is 242 g/mol. The largest absolute Gasteiger partial charge is 0.312 e. The average Bonchev–Trinajstić information content (AvgIpc) is 3.30. The molecule has 0 amide bonds. The van der Waals surface area contributed by atoms with E-state index in [2.05, 4.69) is 50.4 Å². The molecule has 1 atom stereocenters. The van der Waals surface area contributed by atoms with E-state index in [9.17, 15) is 0 Å². The second-order valence-corrected chi connectivity index (χ2v) is 6.68. The second-order valence-electron chi connectivity index (χ2n) is 6.68. The molecule has 1 aromatic rings. The van der Waals surface area contributed by atoms with Gasteiger partial charge in [0.15, 0.2) is 0 Å². The minimum atomic E-state index is 0.570. The van der Waals surface area contributed by atoms with Crippen LogP contribution in [-0.2, 0) is 6.54 Å². The molecule has 1 aromatic carbocycles. The first-order valence-electron chi connectivity index (χ1n) is 8.46. The fourth-order valence-corrected chi connectivity index (χ4v) is 3.41. The number of unbranched alkanes of at least 4 members (excludes halogenated alkanes) is 1. The van der Waals surface area contributed by atoms with Crippen LogP contribution in [0, 0.1) is 18.3 Å². The van der Waals surface area contributed by atoms with Crippen molar-refractivity contribution < 1.29 is 0 Å². The smallest absolute Gasteiger partial charge is 0.0205 e. The summed E-state index contributed by atoms with van der Waals surface area (Å²) in [5.41, 5.74) is 3.32. The third-order valence-corrected chi connectivity index (χ3v) is 5.10. The fourth-order valence-electron chi connectivity index (χ4n) is 3.41. The van der Waals surface area contributed by atoms with E-state index in [0.29, 0.717) is 5.41 Å². The number of benzene rings is 1. The molecule has 112 valence electrons. The Morgan fingerprint density at radius 3 is 2.40 bits per heavy atom. The van der Waals surface area contributed by atoms with E-state index in [1.807, 2.05) is 0 Å². The molecule has 0 aliphatic heterocycles. The van der Waals surface area contributed by atoms with E-state index in [-0.39, 0.29) is 0 Å². The van der Waals surface area contributed by atoms with E-state index < -0.39 is 0 Å². The maximum absolute atomic E-state index is 3.74. The van der Waals surface area contributed by atoms with Crippen LogP contribution in [-0.4, -0.2) is 6.54 Å². The molecule has 0 spiro atoms. The predicted molar refractivity (Wildman–Crippen MR) is 87.9 cm³/mol. The maximum Gasteiger partial charge on any atom is 0.0205 e. The molecule has 0 heterocycles. The molecule has 0 aromatic heterocycles. The minimum Gasteiger partial charge on any atom is -0.312 e. The second kappa shape index (κ2) is 7.26. The van der Waals surface area contributed by atoms with Gasteiger partial charge in [0.05, 0.1) is 0 Å². The van der Waals surface area contributed by atoms with Crippen molar-refractivity contribution in [1.82, 2.24) is 5.32 Å². The summed E-state index contributed by atoms with van der Waals surface area (Å²) in [5, 5.41) is 3.74. The molecule has 0 radical (unpaired) electrons. The Morgan fingerprint density at radius 1 is 1.15 bits per heavy atom. The van der Waals surface area contributed by atoms with Crippen molar-refractivity contribution in [3.63, 3.8) is 0 Å². The highest BCUT2D eigenvalue weighted by atomic mass is 14.9. The molecule has 1 unspecified atom stereocenters. The molecule has 1 nitrogen and oxygen atoms in total. The highest BCUT2D eigenvalue weighted by molar-refractivity contribution is 5.21. The van der Waals surface area contributed by atoms with Crippen molar-refractivity contribution in [2.45, 2.75) is 65.8 Å². The predicted octanol–water partition coefficient (Wildman–Crippen LogP) is 5.08. The Kier molecular flexibility index (Phi) is 5.65. The molecule has 1 saturated carbocycles. The zero-order chi connectivity index (χ0) is 14.4. The van der Waals surface area contributed by atoms with E-state index in [4.69, 9.17) is 0 Å². The van der Waals surface area contributed by atoms with Crippen molar-refractivity contribution in [1.29, 1.82) is 0 Å². The topological polar surface area (TPSA) is 12.0 Å². The van der Waals surface area contributed by atoms with E-state index in [1.165, 1.54) is 56.2 Å². The lowest BCUT2D eigenvalue weighted by atomic mass is 9.75. The highest BCUT2D eigenvalue weighted by Gasteiger charge is 2.42. The van der Waals surface area contributed by atoms with Gasteiger partial charge in [0.25, 0.3) is 0 Å². The summed E-state index contributed by atoms with van der Waals surface area (Å²) in [6.45, 7) is 9.06. The minimum absolute atomic E-state index is 0.570. The van der Waals surface area contributed by atoms with Crippen LogP contribution in [0.3, 0.4) is 0 Å². The summed E-state index contributed by atoms with van der Waals surface area (Å²) in [4.78, 5) is 0. The van der Waals surface area contributed by atoms with Gasteiger partial charge in [0.1, 0.15) is 0 Å². The summed E-state index contributed by atoms with van der Waals surface area (Å²) in [6, 6.07) is 8.92. The van der Waals surface area contributed by atoms with Crippen molar-refractivity contribution in [3.8, 4) is 0 Å². The van der Waals surface area contributed by atoms with Crippen LogP contribution in [0.5, 0.6) is 0 Å². The molecule has 1 fully saturated rings. The summed E-state index contributed by atoms with van der Waals surface area (Å²) in [5.74, 6) is 0.990. The zero-order valence-electron chi connectivity index (χ0n) is 13.5. The third-order valence-electron chi connectivity index (χ3n) is 5.10. The molecule has 1 N–H and O–H groups in total. The first-order valence-corrected chi connectivity index (χ1v) is 8.46. The first-order chi connectivity index (χ1) is 9.70. The Morgan fingerprint density at radius 2 is 1.85 bits per heavy atom. The van der Waals surface area contributed by atoms with E-state index >= 15 is 0 Å². The zero-order valence-corrected chi connectivity index (χ0v) is 13.5. The molecule has 1 aliphatic carbocycles. The van der Waals surface area contributed by atoms with Crippen LogP contribution in [0.2, 0.25) is 0 Å². The molecule has 0 bridgehead atoms. The summed E-state index contributed by atoms with van der Waals surface area (Å²) >= 11 is 0. The molecule has 0 saturated heterocycles. The molecule has 2 rings (SSSR count). The van der Waals surface area contributed by atoms with Gasteiger partial charge in [-0.25, -0.2) is 0 Å². The number of nitrogens with one attached hydrogen (secondary N) is 1. The molecular formula is C19H31N. The Hall–Kier alpha value is -0.820.